The molecule has 0 aliphatic carbocycles. The quantitative estimate of drug-likeness (QED) is 0.179. The van der Waals surface area contributed by atoms with Crippen molar-refractivity contribution in [3.8, 4) is 34.2 Å². The van der Waals surface area contributed by atoms with Crippen LogP contribution >= 0.6 is 0 Å². The lowest BCUT2D eigenvalue weighted by Gasteiger charge is -2.12. The van der Waals surface area contributed by atoms with Crippen molar-refractivity contribution < 1.29 is 4.42 Å². The number of hydrogen-bond acceptors (Lipinski definition) is 4. The molecule has 0 saturated carbocycles. The number of furan rings is 1. The van der Waals surface area contributed by atoms with Crippen LogP contribution in [0.1, 0.15) is 0 Å². The number of rotatable bonds is 3. The summed E-state index contributed by atoms with van der Waals surface area (Å²) >= 11 is 0. The van der Waals surface area contributed by atoms with E-state index in [1.807, 2.05) is 0 Å². The summed E-state index contributed by atoms with van der Waals surface area (Å²) in [4.78, 5) is 15.7. The Morgan fingerprint density at radius 2 is 0.824 bits per heavy atom. The molecule has 236 valence electrons. The maximum atomic E-state index is 6.90. The van der Waals surface area contributed by atoms with Crippen LogP contribution in [0.25, 0.3) is 110 Å². The third-order valence-corrected chi connectivity index (χ3v) is 10.2. The molecule has 9 aromatic carbocycles. The monoisotopic (exact) mass is 649 g/mol. The number of fused-ring (bicyclic) bond motifs is 10. The van der Waals surface area contributed by atoms with E-state index < -0.39 is 0 Å². The minimum Gasteiger partial charge on any atom is -0.455 e. The molecular formula is C47H27N3O. The summed E-state index contributed by atoms with van der Waals surface area (Å²) < 4.78 is 6.90. The second-order valence-corrected chi connectivity index (χ2v) is 13.2. The predicted octanol–water partition coefficient (Wildman–Crippen LogP) is 12.5. The third kappa shape index (κ3) is 4.43. The van der Waals surface area contributed by atoms with E-state index in [2.05, 4.69) is 164 Å². The van der Waals surface area contributed by atoms with Crippen LogP contribution in [0.4, 0.5) is 0 Å². The van der Waals surface area contributed by atoms with Gasteiger partial charge in [0.25, 0.3) is 0 Å². The summed E-state index contributed by atoms with van der Waals surface area (Å²) in [6.07, 6.45) is 0. The molecule has 2 aromatic heterocycles. The SMILES string of the molecule is c1ccc2cc(-c3nc(-c4ccc5ccccc5c4)nc(-c4cc5ccc6ccccc6c5c5oc6cc7ccccc7cc6c45)n3)ccc2c1. The van der Waals surface area contributed by atoms with E-state index in [1.54, 1.807) is 0 Å². The van der Waals surface area contributed by atoms with Gasteiger partial charge in [0, 0.05) is 32.8 Å². The van der Waals surface area contributed by atoms with E-state index in [-0.39, 0.29) is 0 Å². The standard InChI is InChI=1S/C47H27N3O/c1-3-12-31-23-36(21-17-28(31)9-1)45-48-46(37-22-18-29-10-2-4-13-32(29)24-37)50-47(49-45)40-26-35-20-19-30-11-7-8-16-38(30)42(35)44-43(40)39-25-33-14-5-6-15-34(33)27-41(39)51-44/h1-27H. The van der Waals surface area contributed by atoms with E-state index in [4.69, 9.17) is 19.4 Å². The minimum absolute atomic E-state index is 0.604. The van der Waals surface area contributed by atoms with Gasteiger partial charge >= 0.3 is 0 Å². The summed E-state index contributed by atoms with van der Waals surface area (Å²) in [5, 5.41) is 13.4. The molecule has 0 atom stereocenters. The number of nitrogens with zero attached hydrogens (tertiary/aromatic N) is 3. The van der Waals surface area contributed by atoms with Gasteiger partial charge in [-0.1, -0.05) is 133 Å². The first-order valence-electron chi connectivity index (χ1n) is 17.2. The molecule has 0 unspecified atom stereocenters. The molecule has 0 aliphatic heterocycles. The lowest BCUT2D eigenvalue weighted by Crippen LogP contribution is -2.01. The lowest BCUT2D eigenvalue weighted by atomic mass is 9.95. The van der Waals surface area contributed by atoms with Crippen LogP contribution in [0.3, 0.4) is 0 Å². The van der Waals surface area contributed by atoms with Crippen LogP contribution in [0.5, 0.6) is 0 Å². The molecule has 2 heterocycles. The first-order chi connectivity index (χ1) is 25.2. The molecule has 0 aliphatic rings. The molecule has 51 heavy (non-hydrogen) atoms. The molecule has 0 radical (unpaired) electrons. The van der Waals surface area contributed by atoms with Gasteiger partial charge < -0.3 is 4.42 Å². The Hall–Kier alpha value is -6.91. The Morgan fingerprint density at radius 1 is 0.333 bits per heavy atom. The van der Waals surface area contributed by atoms with Crippen LogP contribution in [0.2, 0.25) is 0 Å². The molecule has 0 amide bonds. The Bertz CT molecular complexity index is 3120. The smallest absolute Gasteiger partial charge is 0.164 e. The number of aromatic nitrogens is 3. The molecule has 0 N–H and O–H groups in total. The zero-order chi connectivity index (χ0) is 33.5. The minimum atomic E-state index is 0.604. The van der Waals surface area contributed by atoms with Crippen molar-refractivity contribution >= 4 is 75.8 Å². The average molecular weight is 650 g/mol. The van der Waals surface area contributed by atoms with Gasteiger partial charge in [-0.25, -0.2) is 15.0 Å². The van der Waals surface area contributed by atoms with Gasteiger partial charge in [-0.2, -0.15) is 0 Å². The van der Waals surface area contributed by atoms with E-state index in [0.29, 0.717) is 17.5 Å². The highest BCUT2D eigenvalue weighted by molar-refractivity contribution is 6.27. The van der Waals surface area contributed by atoms with E-state index >= 15 is 0 Å². The fourth-order valence-electron chi connectivity index (χ4n) is 7.70. The van der Waals surface area contributed by atoms with Crippen LogP contribution in [0.15, 0.2) is 168 Å². The van der Waals surface area contributed by atoms with Crippen LogP contribution < -0.4 is 0 Å². The van der Waals surface area contributed by atoms with Gasteiger partial charge in [0.1, 0.15) is 11.2 Å². The fourth-order valence-corrected chi connectivity index (χ4v) is 7.70. The van der Waals surface area contributed by atoms with Crippen molar-refractivity contribution in [2.45, 2.75) is 0 Å². The topological polar surface area (TPSA) is 51.8 Å². The Morgan fingerprint density at radius 3 is 1.47 bits per heavy atom. The first kappa shape index (κ1) is 28.0. The Kier molecular flexibility index (Phi) is 5.92. The van der Waals surface area contributed by atoms with Gasteiger partial charge in [0.2, 0.25) is 0 Å². The predicted molar refractivity (Wildman–Crippen MR) is 211 cm³/mol. The largest absolute Gasteiger partial charge is 0.455 e. The van der Waals surface area contributed by atoms with Gasteiger partial charge in [-0.15, -0.1) is 0 Å². The van der Waals surface area contributed by atoms with Gasteiger partial charge in [-0.05, 0) is 78.8 Å². The Balaban J connectivity index is 1.26. The average Bonchev–Trinajstić information content (AvgIpc) is 3.57. The van der Waals surface area contributed by atoms with Crippen molar-refractivity contribution in [3.05, 3.63) is 164 Å². The van der Waals surface area contributed by atoms with Crippen LogP contribution in [-0.2, 0) is 0 Å². The van der Waals surface area contributed by atoms with Crippen molar-refractivity contribution in [1.29, 1.82) is 0 Å². The van der Waals surface area contributed by atoms with Gasteiger partial charge in [0.05, 0.1) is 0 Å². The second-order valence-electron chi connectivity index (χ2n) is 13.2. The molecule has 11 aromatic rings. The van der Waals surface area contributed by atoms with Gasteiger partial charge in [-0.3, -0.25) is 0 Å². The molecule has 0 spiro atoms. The summed E-state index contributed by atoms with van der Waals surface area (Å²) in [6.45, 7) is 0. The molecule has 0 bridgehead atoms. The van der Waals surface area contributed by atoms with E-state index in [1.165, 1.54) is 16.2 Å². The second kappa shape index (κ2) is 10.8. The molecule has 0 fully saturated rings. The fraction of sp³-hybridized carbons (Fsp3) is 0. The van der Waals surface area contributed by atoms with Crippen molar-refractivity contribution in [1.82, 2.24) is 15.0 Å². The van der Waals surface area contributed by atoms with E-state index in [0.717, 1.165) is 76.3 Å². The normalized spacial score (nSPS) is 11.9. The molecule has 4 nitrogen and oxygen atoms in total. The third-order valence-electron chi connectivity index (χ3n) is 10.2. The molecular weight excluding hydrogens is 623 g/mol. The highest BCUT2D eigenvalue weighted by Gasteiger charge is 2.22. The first-order valence-corrected chi connectivity index (χ1v) is 17.2. The maximum Gasteiger partial charge on any atom is 0.164 e. The number of benzene rings is 9. The van der Waals surface area contributed by atoms with E-state index in [9.17, 15) is 0 Å². The lowest BCUT2D eigenvalue weighted by molar-refractivity contribution is 0.673. The van der Waals surface area contributed by atoms with Crippen molar-refractivity contribution in [2.75, 3.05) is 0 Å². The van der Waals surface area contributed by atoms with Gasteiger partial charge in [0.15, 0.2) is 17.5 Å². The zero-order valence-electron chi connectivity index (χ0n) is 27.3. The highest BCUT2D eigenvalue weighted by Crippen LogP contribution is 2.44. The van der Waals surface area contributed by atoms with Crippen LogP contribution in [0, 0.1) is 0 Å². The summed E-state index contributed by atoms with van der Waals surface area (Å²) in [6, 6.07) is 57.5. The molecule has 11 rings (SSSR count). The molecule has 4 heteroatoms. The summed E-state index contributed by atoms with van der Waals surface area (Å²) in [5.74, 6) is 1.85. The number of hydrogen-bond donors (Lipinski definition) is 0. The summed E-state index contributed by atoms with van der Waals surface area (Å²) in [7, 11) is 0. The van der Waals surface area contributed by atoms with Crippen molar-refractivity contribution in [2.24, 2.45) is 0 Å². The highest BCUT2D eigenvalue weighted by atomic mass is 16.3. The Labute approximate surface area is 292 Å². The molecule has 0 saturated heterocycles. The maximum absolute atomic E-state index is 6.90. The van der Waals surface area contributed by atoms with Crippen LogP contribution in [-0.4, -0.2) is 15.0 Å². The van der Waals surface area contributed by atoms with Crippen molar-refractivity contribution in [3.63, 3.8) is 0 Å². The summed E-state index contributed by atoms with van der Waals surface area (Å²) in [5.41, 5.74) is 4.46. The zero-order valence-corrected chi connectivity index (χ0v) is 27.3.